The summed E-state index contributed by atoms with van der Waals surface area (Å²) in [5.41, 5.74) is 0.725. The highest BCUT2D eigenvalue weighted by Gasteiger charge is 2.45. The van der Waals surface area contributed by atoms with Gasteiger partial charge in [-0.15, -0.1) is 0 Å². The average Bonchev–Trinajstić information content (AvgIpc) is 3.10. The van der Waals surface area contributed by atoms with Gasteiger partial charge in [0.25, 0.3) is 11.7 Å². The van der Waals surface area contributed by atoms with Gasteiger partial charge >= 0.3 is 0 Å². The fraction of sp³-hybridized carbons (Fsp3) is 0.429. The number of ketones is 1. The van der Waals surface area contributed by atoms with E-state index in [1.54, 1.807) is 12.1 Å². The predicted molar refractivity (Wildman–Crippen MR) is 134 cm³/mol. The molecule has 7 heteroatoms. The lowest BCUT2D eigenvalue weighted by molar-refractivity contribution is -0.140. The molecule has 1 unspecified atom stereocenters. The first-order valence-corrected chi connectivity index (χ1v) is 12.4. The molecule has 1 atom stereocenters. The van der Waals surface area contributed by atoms with Crippen LogP contribution in [0.25, 0.3) is 5.76 Å². The molecule has 0 saturated carbocycles. The normalized spacial score (nSPS) is 17.5. The quantitative estimate of drug-likeness (QED) is 0.246. The number of rotatable bonds is 12. The first-order chi connectivity index (χ1) is 16.9. The lowest BCUT2D eigenvalue weighted by Crippen LogP contribution is -2.34. The van der Waals surface area contributed by atoms with Crippen LogP contribution in [0, 0.1) is 5.82 Å². The maximum Gasteiger partial charge on any atom is 0.295 e. The summed E-state index contributed by atoms with van der Waals surface area (Å²) in [6.45, 7) is 7.45. The Hall–Kier alpha value is -3.19. The summed E-state index contributed by atoms with van der Waals surface area (Å²) in [6.07, 6.45) is 5.10. The number of hydrogen-bond donors (Lipinski definition) is 2. The molecule has 2 aromatic rings. The highest BCUT2D eigenvalue weighted by atomic mass is 19.1. The molecule has 35 heavy (non-hydrogen) atoms. The standard InChI is InChI=1S/C28H35FN2O4/c1-3-5-15-30(16-6-4-2)17-8-18-31-25(21-9-7-10-23(32)19-21)24(27(34)28(31)35)26(33)20-11-13-22(29)14-12-20/h7,9-14,19,25,32-33H,3-6,8,15-18H2,1-2H3. The van der Waals surface area contributed by atoms with E-state index in [1.165, 1.54) is 41.3 Å². The van der Waals surface area contributed by atoms with E-state index in [1.807, 2.05) is 0 Å². The van der Waals surface area contributed by atoms with E-state index < -0.39 is 23.5 Å². The molecular weight excluding hydrogens is 447 g/mol. The number of nitrogens with zero attached hydrogens (tertiary/aromatic N) is 2. The van der Waals surface area contributed by atoms with Crippen molar-refractivity contribution >= 4 is 17.4 Å². The Morgan fingerprint density at radius 3 is 2.20 bits per heavy atom. The third-order valence-corrected chi connectivity index (χ3v) is 6.37. The molecule has 2 aromatic carbocycles. The summed E-state index contributed by atoms with van der Waals surface area (Å²) in [6, 6.07) is 10.6. The van der Waals surface area contributed by atoms with Gasteiger partial charge in [-0.25, -0.2) is 4.39 Å². The Morgan fingerprint density at radius 1 is 0.971 bits per heavy atom. The number of likely N-dealkylation sites (tertiary alicyclic amines) is 1. The van der Waals surface area contributed by atoms with Gasteiger partial charge in [0.2, 0.25) is 0 Å². The number of aliphatic hydroxyl groups excluding tert-OH is 1. The van der Waals surface area contributed by atoms with Crippen LogP contribution in [0.2, 0.25) is 0 Å². The number of phenolic OH excluding ortho intramolecular Hbond substituents is 1. The van der Waals surface area contributed by atoms with Gasteiger partial charge in [-0.2, -0.15) is 0 Å². The van der Waals surface area contributed by atoms with Crippen molar-refractivity contribution in [3.63, 3.8) is 0 Å². The zero-order valence-corrected chi connectivity index (χ0v) is 20.5. The second-order valence-corrected chi connectivity index (χ2v) is 9.00. The van der Waals surface area contributed by atoms with Crippen molar-refractivity contribution in [2.75, 3.05) is 26.2 Å². The smallest absolute Gasteiger partial charge is 0.295 e. The minimum absolute atomic E-state index is 0.000163. The molecule has 6 nitrogen and oxygen atoms in total. The molecule has 1 amide bonds. The third-order valence-electron chi connectivity index (χ3n) is 6.37. The van der Waals surface area contributed by atoms with Gasteiger partial charge in [0.1, 0.15) is 17.3 Å². The Morgan fingerprint density at radius 2 is 1.60 bits per heavy atom. The van der Waals surface area contributed by atoms with Crippen LogP contribution in [0.3, 0.4) is 0 Å². The first kappa shape index (κ1) is 26.4. The molecule has 1 aliphatic heterocycles. The van der Waals surface area contributed by atoms with Crippen LogP contribution >= 0.6 is 0 Å². The fourth-order valence-corrected chi connectivity index (χ4v) is 4.48. The maximum absolute atomic E-state index is 13.4. The second-order valence-electron chi connectivity index (χ2n) is 9.00. The topological polar surface area (TPSA) is 81.1 Å². The Kier molecular flexibility index (Phi) is 9.43. The number of benzene rings is 2. The van der Waals surface area contributed by atoms with E-state index in [4.69, 9.17) is 0 Å². The highest BCUT2D eigenvalue weighted by Crippen LogP contribution is 2.40. The van der Waals surface area contributed by atoms with E-state index >= 15 is 0 Å². The molecule has 1 fully saturated rings. The third kappa shape index (κ3) is 6.48. The van der Waals surface area contributed by atoms with Crippen LogP contribution in [0.5, 0.6) is 5.75 Å². The number of phenols is 1. The molecule has 0 aliphatic carbocycles. The second kappa shape index (κ2) is 12.5. The van der Waals surface area contributed by atoms with Gasteiger partial charge in [0.15, 0.2) is 0 Å². The van der Waals surface area contributed by atoms with E-state index in [0.29, 0.717) is 18.5 Å². The van der Waals surface area contributed by atoms with Crippen molar-refractivity contribution < 1.29 is 24.2 Å². The summed E-state index contributed by atoms with van der Waals surface area (Å²) in [5, 5.41) is 21.1. The van der Waals surface area contributed by atoms with E-state index in [0.717, 1.165) is 45.3 Å². The number of aliphatic hydroxyl groups is 1. The molecule has 1 saturated heterocycles. The molecule has 2 N–H and O–H groups in total. The molecule has 0 spiro atoms. The van der Waals surface area contributed by atoms with Crippen molar-refractivity contribution in [3.05, 3.63) is 71.0 Å². The van der Waals surface area contributed by atoms with Gasteiger partial charge < -0.3 is 20.0 Å². The van der Waals surface area contributed by atoms with Crippen LogP contribution in [0.1, 0.15) is 63.1 Å². The molecule has 3 rings (SSSR count). The zero-order valence-electron chi connectivity index (χ0n) is 20.5. The van der Waals surface area contributed by atoms with Crippen molar-refractivity contribution in [1.29, 1.82) is 0 Å². The molecule has 1 aliphatic rings. The van der Waals surface area contributed by atoms with Crippen molar-refractivity contribution in [2.45, 2.75) is 52.0 Å². The molecular formula is C28H35FN2O4. The number of carbonyl (C=O) groups excluding carboxylic acids is 2. The Labute approximate surface area is 206 Å². The molecule has 0 radical (unpaired) electrons. The molecule has 1 heterocycles. The van der Waals surface area contributed by atoms with E-state index in [-0.39, 0.29) is 22.6 Å². The van der Waals surface area contributed by atoms with Crippen molar-refractivity contribution in [2.24, 2.45) is 0 Å². The lowest BCUT2D eigenvalue weighted by atomic mass is 9.95. The van der Waals surface area contributed by atoms with Gasteiger partial charge in [0, 0.05) is 12.1 Å². The summed E-state index contributed by atoms with van der Waals surface area (Å²) < 4.78 is 13.4. The van der Waals surface area contributed by atoms with Gasteiger partial charge in [-0.05, 0) is 80.9 Å². The predicted octanol–water partition coefficient (Wildman–Crippen LogP) is 5.25. The molecule has 0 aromatic heterocycles. The van der Waals surface area contributed by atoms with Gasteiger partial charge in [0.05, 0.1) is 11.6 Å². The lowest BCUT2D eigenvalue weighted by Gasteiger charge is -2.27. The van der Waals surface area contributed by atoms with Crippen molar-refractivity contribution in [1.82, 2.24) is 9.80 Å². The minimum atomic E-state index is -0.841. The van der Waals surface area contributed by atoms with Crippen LogP contribution in [0.4, 0.5) is 4.39 Å². The fourth-order valence-electron chi connectivity index (χ4n) is 4.48. The van der Waals surface area contributed by atoms with Crippen LogP contribution in [-0.4, -0.2) is 57.9 Å². The number of aromatic hydroxyl groups is 1. The zero-order chi connectivity index (χ0) is 25.4. The number of carbonyl (C=O) groups is 2. The number of hydrogen-bond acceptors (Lipinski definition) is 5. The minimum Gasteiger partial charge on any atom is -0.508 e. The average molecular weight is 483 g/mol. The first-order valence-electron chi connectivity index (χ1n) is 12.4. The largest absolute Gasteiger partial charge is 0.508 e. The monoisotopic (exact) mass is 482 g/mol. The number of amides is 1. The number of halogens is 1. The van der Waals surface area contributed by atoms with Crippen LogP contribution < -0.4 is 0 Å². The summed E-state index contributed by atoms with van der Waals surface area (Å²) in [4.78, 5) is 30.0. The highest BCUT2D eigenvalue weighted by molar-refractivity contribution is 6.46. The van der Waals surface area contributed by atoms with Gasteiger partial charge in [-0.1, -0.05) is 38.8 Å². The Bertz CT molecular complexity index is 1040. The maximum atomic E-state index is 13.4. The summed E-state index contributed by atoms with van der Waals surface area (Å²) in [5.74, 6) is -2.29. The summed E-state index contributed by atoms with van der Waals surface area (Å²) in [7, 11) is 0. The SMILES string of the molecule is CCCCN(CCCC)CCCN1C(=O)C(=O)C(=C(O)c2ccc(F)cc2)C1c1cccc(O)c1. The number of unbranched alkanes of at least 4 members (excludes halogenated alkanes) is 2. The molecule has 0 bridgehead atoms. The van der Waals surface area contributed by atoms with E-state index in [2.05, 4.69) is 18.7 Å². The number of Topliss-reactive ketones (excluding diaryl/α,β-unsaturated/α-hetero) is 1. The molecule has 188 valence electrons. The van der Waals surface area contributed by atoms with E-state index in [9.17, 15) is 24.2 Å². The summed E-state index contributed by atoms with van der Waals surface area (Å²) >= 11 is 0. The van der Waals surface area contributed by atoms with Gasteiger partial charge in [-0.3, -0.25) is 9.59 Å². The van der Waals surface area contributed by atoms with Crippen LogP contribution in [0.15, 0.2) is 54.1 Å². The Balaban J connectivity index is 1.91. The van der Waals surface area contributed by atoms with Crippen molar-refractivity contribution in [3.8, 4) is 5.75 Å². The van der Waals surface area contributed by atoms with Crippen LogP contribution in [-0.2, 0) is 9.59 Å².